The van der Waals surface area contributed by atoms with E-state index in [1.165, 1.54) is 22.5 Å². The van der Waals surface area contributed by atoms with Gasteiger partial charge in [0.1, 0.15) is 5.58 Å². The fraction of sp³-hybridized carbons (Fsp3) is 0.333. The normalized spacial score (nSPS) is 18.6. The summed E-state index contributed by atoms with van der Waals surface area (Å²) >= 11 is 0. The molecule has 136 valence electrons. The number of aryl methyl sites for hydroxylation is 2. The summed E-state index contributed by atoms with van der Waals surface area (Å²) in [6.45, 7) is 4.76. The van der Waals surface area contributed by atoms with Crippen molar-refractivity contribution in [3.8, 4) is 0 Å². The molecule has 0 amide bonds. The van der Waals surface area contributed by atoms with Crippen LogP contribution in [0.1, 0.15) is 23.9 Å². The average molecular weight is 373 g/mol. The third-order valence-corrected chi connectivity index (χ3v) is 6.61. The maximum Gasteiger partial charge on any atom is 0.336 e. The van der Waals surface area contributed by atoms with Crippen LogP contribution >= 0.6 is 0 Å². The Morgan fingerprint density at radius 3 is 2.69 bits per heavy atom. The molecular formula is C18H19N3O4S. The molecule has 1 atom stereocenters. The first kappa shape index (κ1) is 17.0. The molecule has 1 saturated heterocycles. The number of hydrogen-bond acceptors (Lipinski definition) is 5. The van der Waals surface area contributed by atoms with Crippen molar-refractivity contribution in [1.29, 1.82) is 0 Å². The van der Waals surface area contributed by atoms with Crippen LogP contribution in [0, 0.1) is 13.8 Å². The van der Waals surface area contributed by atoms with Gasteiger partial charge in [-0.3, -0.25) is 4.68 Å². The molecule has 2 aromatic heterocycles. The molecule has 1 fully saturated rings. The highest BCUT2D eigenvalue weighted by Gasteiger charge is 2.34. The number of rotatable bonds is 3. The second-order valence-electron chi connectivity index (χ2n) is 6.63. The summed E-state index contributed by atoms with van der Waals surface area (Å²) in [5.41, 5.74) is 1.88. The lowest BCUT2D eigenvalue weighted by Gasteiger charge is -2.17. The standard InChI is InChI=1S/C18H19N3O4S/c1-12-9-13(2)21(19-12)15-7-8-20(11-15)26(23,24)16-4-5-17-14(10-16)3-6-18(22)25-17/h3-6,9-10,15H,7-8,11H2,1-2H3. The minimum atomic E-state index is -3.61. The smallest absolute Gasteiger partial charge is 0.336 e. The van der Waals surface area contributed by atoms with E-state index in [2.05, 4.69) is 5.10 Å². The molecule has 1 aromatic carbocycles. The van der Waals surface area contributed by atoms with Gasteiger partial charge in [-0.2, -0.15) is 9.40 Å². The van der Waals surface area contributed by atoms with E-state index in [1.807, 2.05) is 24.6 Å². The third kappa shape index (κ3) is 2.85. The van der Waals surface area contributed by atoms with Crippen molar-refractivity contribution in [3.05, 3.63) is 58.2 Å². The number of hydrogen-bond donors (Lipinski definition) is 0. The number of benzene rings is 1. The maximum atomic E-state index is 13.0. The Balaban J connectivity index is 1.64. The Kier molecular flexibility index (Phi) is 3.96. The zero-order chi connectivity index (χ0) is 18.5. The Morgan fingerprint density at radius 2 is 1.96 bits per heavy atom. The molecule has 0 spiro atoms. The molecule has 1 unspecified atom stereocenters. The van der Waals surface area contributed by atoms with Crippen LogP contribution in [0.3, 0.4) is 0 Å². The first-order chi connectivity index (χ1) is 12.3. The number of aromatic nitrogens is 2. The van der Waals surface area contributed by atoms with Gasteiger partial charge in [-0.25, -0.2) is 13.2 Å². The summed E-state index contributed by atoms with van der Waals surface area (Å²) < 4.78 is 34.5. The Hall–Kier alpha value is -2.45. The van der Waals surface area contributed by atoms with Crippen LogP contribution in [-0.4, -0.2) is 35.6 Å². The van der Waals surface area contributed by atoms with E-state index in [0.29, 0.717) is 24.1 Å². The summed E-state index contributed by atoms with van der Waals surface area (Å²) in [4.78, 5) is 11.5. The number of sulfonamides is 1. The van der Waals surface area contributed by atoms with Crippen LogP contribution in [-0.2, 0) is 10.0 Å². The van der Waals surface area contributed by atoms with Gasteiger partial charge >= 0.3 is 5.63 Å². The van der Waals surface area contributed by atoms with E-state index >= 15 is 0 Å². The molecule has 3 heterocycles. The SMILES string of the molecule is Cc1cc(C)n(C2CCN(S(=O)(=O)c3ccc4oc(=O)ccc4c3)C2)n1. The second kappa shape index (κ2) is 6.07. The summed E-state index contributed by atoms with van der Waals surface area (Å²) in [7, 11) is -3.61. The van der Waals surface area contributed by atoms with Crippen molar-refractivity contribution in [1.82, 2.24) is 14.1 Å². The van der Waals surface area contributed by atoms with Gasteiger partial charge in [0.25, 0.3) is 0 Å². The highest BCUT2D eigenvalue weighted by molar-refractivity contribution is 7.89. The maximum absolute atomic E-state index is 13.0. The molecule has 1 aliphatic rings. The van der Waals surface area contributed by atoms with Gasteiger partial charge in [0, 0.05) is 30.2 Å². The van der Waals surface area contributed by atoms with E-state index in [9.17, 15) is 13.2 Å². The van der Waals surface area contributed by atoms with Crippen molar-refractivity contribution in [2.45, 2.75) is 31.2 Å². The van der Waals surface area contributed by atoms with Crippen molar-refractivity contribution in [2.24, 2.45) is 0 Å². The Bertz CT molecular complexity index is 1150. The lowest BCUT2D eigenvalue weighted by Crippen LogP contribution is -2.29. The molecule has 0 saturated carbocycles. The molecule has 0 radical (unpaired) electrons. The lowest BCUT2D eigenvalue weighted by atomic mass is 10.2. The van der Waals surface area contributed by atoms with E-state index in [0.717, 1.165) is 17.8 Å². The molecule has 0 bridgehead atoms. The molecule has 4 rings (SSSR count). The van der Waals surface area contributed by atoms with Gasteiger partial charge in [-0.1, -0.05) is 0 Å². The molecule has 7 nitrogen and oxygen atoms in total. The molecule has 26 heavy (non-hydrogen) atoms. The lowest BCUT2D eigenvalue weighted by molar-refractivity contribution is 0.428. The molecule has 8 heteroatoms. The van der Waals surface area contributed by atoms with Crippen LogP contribution in [0.25, 0.3) is 11.0 Å². The molecule has 0 aliphatic carbocycles. The van der Waals surface area contributed by atoms with E-state index in [1.54, 1.807) is 12.1 Å². The zero-order valence-electron chi connectivity index (χ0n) is 14.5. The van der Waals surface area contributed by atoms with Gasteiger partial charge in [0.15, 0.2) is 0 Å². The fourth-order valence-corrected chi connectivity index (χ4v) is 5.03. The predicted molar refractivity (Wildman–Crippen MR) is 96.6 cm³/mol. The van der Waals surface area contributed by atoms with Crippen LogP contribution in [0.5, 0.6) is 0 Å². The molecule has 0 N–H and O–H groups in total. The Labute approximate surface area is 150 Å². The summed E-state index contributed by atoms with van der Waals surface area (Å²) in [5.74, 6) is 0. The first-order valence-electron chi connectivity index (χ1n) is 8.41. The van der Waals surface area contributed by atoms with Crippen molar-refractivity contribution in [3.63, 3.8) is 0 Å². The van der Waals surface area contributed by atoms with Gasteiger partial charge in [0.2, 0.25) is 10.0 Å². The Morgan fingerprint density at radius 1 is 1.15 bits per heavy atom. The number of nitrogens with zero attached hydrogens (tertiary/aromatic N) is 3. The van der Waals surface area contributed by atoms with E-state index < -0.39 is 15.6 Å². The van der Waals surface area contributed by atoms with E-state index in [-0.39, 0.29) is 10.9 Å². The summed E-state index contributed by atoms with van der Waals surface area (Å²) in [6.07, 6.45) is 0.726. The molecular weight excluding hydrogens is 354 g/mol. The highest BCUT2D eigenvalue weighted by atomic mass is 32.2. The van der Waals surface area contributed by atoms with Gasteiger partial charge < -0.3 is 4.42 Å². The third-order valence-electron chi connectivity index (χ3n) is 4.75. The summed E-state index contributed by atoms with van der Waals surface area (Å²) in [6, 6.07) is 9.45. The molecule has 3 aromatic rings. The fourth-order valence-electron chi connectivity index (χ4n) is 3.50. The minimum absolute atomic E-state index is 0.0388. The van der Waals surface area contributed by atoms with Crippen LogP contribution in [0.2, 0.25) is 0 Å². The zero-order valence-corrected chi connectivity index (χ0v) is 15.4. The van der Waals surface area contributed by atoms with E-state index in [4.69, 9.17) is 4.42 Å². The van der Waals surface area contributed by atoms with Crippen LogP contribution in [0.15, 0.2) is 50.5 Å². The average Bonchev–Trinajstić information content (AvgIpc) is 3.21. The first-order valence-corrected chi connectivity index (χ1v) is 9.85. The molecule has 1 aliphatic heterocycles. The van der Waals surface area contributed by atoms with Crippen LogP contribution in [0.4, 0.5) is 0 Å². The second-order valence-corrected chi connectivity index (χ2v) is 8.57. The summed E-state index contributed by atoms with van der Waals surface area (Å²) in [5, 5.41) is 5.07. The minimum Gasteiger partial charge on any atom is -0.423 e. The highest BCUT2D eigenvalue weighted by Crippen LogP contribution is 2.29. The van der Waals surface area contributed by atoms with Crippen molar-refractivity contribution >= 4 is 21.0 Å². The topological polar surface area (TPSA) is 85.4 Å². The quantitative estimate of drug-likeness (QED) is 0.657. The predicted octanol–water partition coefficient (Wildman–Crippen LogP) is 2.24. The number of fused-ring (bicyclic) bond motifs is 1. The van der Waals surface area contributed by atoms with Crippen molar-refractivity contribution in [2.75, 3.05) is 13.1 Å². The van der Waals surface area contributed by atoms with Gasteiger partial charge in [0.05, 0.1) is 16.6 Å². The van der Waals surface area contributed by atoms with Gasteiger partial charge in [-0.05, 0) is 50.6 Å². The largest absolute Gasteiger partial charge is 0.423 e. The monoisotopic (exact) mass is 373 g/mol. The van der Waals surface area contributed by atoms with Crippen LogP contribution < -0.4 is 5.63 Å². The van der Waals surface area contributed by atoms with Gasteiger partial charge in [-0.15, -0.1) is 0 Å². The van der Waals surface area contributed by atoms with Crippen molar-refractivity contribution < 1.29 is 12.8 Å².